The number of aromatic nitrogens is 2. The van der Waals surface area contributed by atoms with Crippen LogP contribution < -0.4 is 10.9 Å². The maximum Gasteiger partial charge on any atom is 0.275 e. The van der Waals surface area contributed by atoms with Crippen LogP contribution in [0.15, 0.2) is 35.3 Å². The number of amides is 1. The zero-order valence-electron chi connectivity index (χ0n) is 12.5. The summed E-state index contributed by atoms with van der Waals surface area (Å²) in [6.07, 6.45) is 1.60. The number of carbonyl (C=O) groups excluding carboxylic acids is 1. The molecule has 6 heteroatoms. The van der Waals surface area contributed by atoms with Crippen LogP contribution in [0.3, 0.4) is 0 Å². The molecule has 1 unspecified atom stereocenters. The Morgan fingerprint density at radius 2 is 2.10 bits per heavy atom. The molecule has 0 saturated carbocycles. The van der Waals surface area contributed by atoms with Gasteiger partial charge in [0.2, 0.25) is 5.91 Å². The van der Waals surface area contributed by atoms with Gasteiger partial charge in [-0.15, -0.1) is 0 Å². The number of rotatable bonds is 5. The van der Waals surface area contributed by atoms with Crippen molar-refractivity contribution >= 4 is 16.7 Å². The second kappa shape index (κ2) is 6.49. The lowest BCUT2D eigenvalue weighted by Gasteiger charge is -2.19. The molecule has 1 amide bonds. The molecule has 1 heterocycles. The highest BCUT2D eigenvalue weighted by molar-refractivity contribution is 5.81. The van der Waals surface area contributed by atoms with Crippen molar-refractivity contribution in [2.45, 2.75) is 19.5 Å². The van der Waals surface area contributed by atoms with Crippen molar-refractivity contribution in [2.75, 3.05) is 20.6 Å². The molecule has 0 saturated heterocycles. The average Bonchev–Trinajstić information content (AvgIpc) is 2.48. The summed E-state index contributed by atoms with van der Waals surface area (Å²) in [4.78, 5) is 26.1. The van der Waals surface area contributed by atoms with Gasteiger partial charge in [-0.1, -0.05) is 18.2 Å². The molecule has 0 bridgehead atoms. The topological polar surface area (TPSA) is 67.2 Å². The van der Waals surface area contributed by atoms with Gasteiger partial charge in [0.25, 0.3) is 5.56 Å². The third kappa shape index (κ3) is 3.66. The fourth-order valence-electron chi connectivity index (χ4n) is 1.88. The molecule has 1 atom stereocenters. The lowest BCUT2D eigenvalue weighted by atomic mass is 10.2. The fraction of sp³-hybridized carbons (Fsp3) is 0.400. The molecule has 2 rings (SSSR count). The van der Waals surface area contributed by atoms with E-state index in [2.05, 4.69) is 10.4 Å². The summed E-state index contributed by atoms with van der Waals surface area (Å²) in [5, 5.41) is 8.20. The minimum Gasteiger partial charge on any atom is -0.353 e. The van der Waals surface area contributed by atoms with Gasteiger partial charge in [0.1, 0.15) is 6.54 Å². The number of fused-ring (bicyclic) bond motifs is 1. The van der Waals surface area contributed by atoms with Crippen molar-refractivity contribution in [1.82, 2.24) is 20.0 Å². The number of nitrogens with zero attached hydrogens (tertiary/aromatic N) is 3. The van der Waals surface area contributed by atoms with E-state index in [0.29, 0.717) is 11.9 Å². The third-order valence-electron chi connectivity index (χ3n) is 3.53. The van der Waals surface area contributed by atoms with Crippen LogP contribution in [0.5, 0.6) is 0 Å². The number of likely N-dealkylation sites (N-methyl/N-ethyl adjacent to an activating group) is 1. The quantitative estimate of drug-likeness (QED) is 0.868. The van der Waals surface area contributed by atoms with E-state index in [4.69, 9.17) is 0 Å². The molecule has 6 nitrogen and oxygen atoms in total. The van der Waals surface area contributed by atoms with E-state index < -0.39 is 0 Å². The zero-order chi connectivity index (χ0) is 15.4. The first-order chi connectivity index (χ1) is 9.99. The van der Waals surface area contributed by atoms with E-state index in [9.17, 15) is 9.59 Å². The maximum atomic E-state index is 12.2. The van der Waals surface area contributed by atoms with E-state index in [1.807, 2.05) is 38.1 Å². The molecule has 2 aromatic rings. The summed E-state index contributed by atoms with van der Waals surface area (Å²) in [5.74, 6) is -0.214. The number of carbonyl (C=O) groups is 1. The van der Waals surface area contributed by atoms with Crippen molar-refractivity contribution in [1.29, 1.82) is 0 Å². The van der Waals surface area contributed by atoms with Crippen LogP contribution in [0.2, 0.25) is 0 Å². The molecule has 112 valence electrons. The van der Waals surface area contributed by atoms with Crippen molar-refractivity contribution in [3.8, 4) is 0 Å². The summed E-state index contributed by atoms with van der Waals surface area (Å²) in [5.41, 5.74) is -0.246. The predicted molar refractivity (Wildman–Crippen MR) is 82.2 cm³/mol. The molecular weight excluding hydrogens is 268 g/mol. The molecule has 0 radical (unpaired) electrons. The van der Waals surface area contributed by atoms with Gasteiger partial charge in [-0.2, -0.15) is 5.10 Å². The molecule has 0 spiro atoms. The van der Waals surface area contributed by atoms with Gasteiger partial charge in [0, 0.05) is 18.0 Å². The summed E-state index contributed by atoms with van der Waals surface area (Å²) < 4.78 is 1.19. The Labute approximate surface area is 123 Å². The van der Waals surface area contributed by atoms with Crippen LogP contribution in [0.25, 0.3) is 10.8 Å². The molecule has 0 aliphatic rings. The Bertz CT molecular complexity index is 693. The number of hydrogen-bond donors (Lipinski definition) is 1. The van der Waals surface area contributed by atoms with Crippen LogP contribution in [-0.4, -0.2) is 47.3 Å². The molecule has 0 aliphatic heterocycles. The molecule has 1 N–H and O–H groups in total. The molecule has 1 aromatic carbocycles. The second-order valence-corrected chi connectivity index (χ2v) is 5.31. The lowest BCUT2D eigenvalue weighted by Crippen LogP contribution is -2.40. The number of benzene rings is 1. The SMILES string of the molecule is CC(CNC(=O)Cn1ncc2ccccc2c1=O)N(C)C. The molecule has 21 heavy (non-hydrogen) atoms. The van der Waals surface area contributed by atoms with E-state index in [1.165, 1.54) is 4.68 Å². The summed E-state index contributed by atoms with van der Waals surface area (Å²) in [6, 6.07) is 7.44. The van der Waals surface area contributed by atoms with Crippen LogP contribution in [0.4, 0.5) is 0 Å². The fourth-order valence-corrected chi connectivity index (χ4v) is 1.88. The van der Waals surface area contributed by atoms with Crippen molar-refractivity contribution in [2.24, 2.45) is 0 Å². The Morgan fingerprint density at radius 3 is 2.81 bits per heavy atom. The first-order valence-corrected chi connectivity index (χ1v) is 6.87. The van der Waals surface area contributed by atoms with E-state index in [1.54, 1.807) is 18.3 Å². The van der Waals surface area contributed by atoms with Crippen molar-refractivity contribution in [3.05, 3.63) is 40.8 Å². The second-order valence-electron chi connectivity index (χ2n) is 5.31. The number of hydrogen-bond acceptors (Lipinski definition) is 4. The van der Waals surface area contributed by atoms with Gasteiger partial charge >= 0.3 is 0 Å². The highest BCUT2D eigenvalue weighted by atomic mass is 16.2. The molecule has 1 aromatic heterocycles. The number of nitrogens with one attached hydrogen (secondary N) is 1. The highest BCUT2D eigenvalue weighted by Gasteiger charge is 2.10. The summed E-state index contributed by atoms with van der Waals surface area (Å²) >= 11 is 0. The smallest absolute Gasteiger partial charge is 0.275 e. The monoisotopic (exact) mass is 288 g/mol. The van der Waals surface area contributed by atoms with Crippen molar-refractivity contribution in [3.63, 3.8) is 0 Å². The van der Waals surface area contributed by atoms with Gasteiger partial charge in [0.15, 0.2) is 0 Å². The van der Waals surface area contributed by atoms with Crippen LogP contribution in [-0.2, 0) is 11.3 Å². The van der Waals surface area contributed by atoms with E-state index in [0.717, 1.165) is 5.39 Å². The summed E-state index contributed by atoms with van der Waals surface area (Å²) in [6.45, 7) is 2.48. The van der Waals surface area contributed by atoms with Gasteiger partial charge < -0.3 is 10.2 Å². The maximum absolute atomic E-state index is 12.2. The highest BCUT2D eigenvalue weighted by Crippen LogP contribution is 2.06. The lowest BCUT2D eigenvalue weighted by molar-refractivity contribution is -0.122. The first-order valence-electron chi connectivity index (χ1n) is 6.87. The largest absolute Gasteiger partial charge is 0.353 e. The normalized spacial score (nSPS) is 12.6. The first kappa shape index (κ1) is 15.2. The average molecular weight is 288 g/mol. The molecule has 0 aliphatic carbocycles. The van der Waals surface area contributed by atoms with Gasteiger partial charge in [-0.3, -0.25) is 9.59 Å². The molecular formula is C15H20N4O2. The Hall–Kier alpha value is -2.21. The van der Waals surface area contributed by atoms with Gasteiger partial charge in [-0.05, 0) is 27.1 Å². The van der Waals surface area contributed by atoms with Gasteiger partial charge in [-0.25, -0.2) is 4.68 Å². The minimum absolute atomic E-state index is 0.0657. The summed E-state index contributed by atoms with van der Waals surface area (Å²) in [7, 11) is 3.90. The predicted octanol–water partition coefficient (Wildman–Crippen LogP) is 0.463. The van der Waals surface area contributed by atoms with Crippen LogP contribution >= 0.6 is 0 Å². The minimum atomic E-state index is -0.246. The van der Waals surface area contributed by atoms with E-state index >= 15 is 0 Å². The Morgan fingerprint density at radius 1 is 1.38 bits per heavy atom. The third-order valence-corrected chi connectivity index (χ3v) is 3.53. The standard InChI is InChI=1S/C15H20N4O2/c1-11(18(2)3)8-16-14(20)10-19-15(21)13-7-5-4-6-12(13)9-17-19/h4-7,9,11H,8,10H2,1-3H3,(H,16,20). The zero-order valence-corrected chi connectivity index (χ0v) is 12.5. The van der Waals surface area contributed by atoms with E-state index in [-0.39, 0.29) is 24.1 Å². The Balaban J connectivity index is 2.08. The molecule has 0 fully saturated rings. The van der Waals surface area contributed by atoms with Crippen molar-refractivity contribution < 1.29 is 4.79 Å². The van der Waals surface area contributed by atoms with Gasteiger partial charge in [0.05, 0.1) is 11.6 Å². The van der Waals surface area contributed by atoms with Crippen LogP contribution in [0, 0.1) is 0 Å². The Kier molecular flexibility index (Phi) is 4.70. The van der Waals surface area contributed by atoms with Crippen LogP contribution in [0.1, 0.15) is 6.92 Å².